The fourth-order valence-corrected chi connectivity index (χ4v) is 1.85. The van der Waals surface area contributed by atoms with E-state index in [4.69, 9.17) is 0 Å². The highest BCUT2D eigenvalue weighted by molar-refractivity contribution is 5.78. The maximum absolute atomic E-state index is 12.6. The van der Waals surface area contributed by atoms with Crippen molar-refractivity contribution in [3.63, 3.8) is 0 Å². The predicted octanol–water partition coefficient (Wildman–Crippen LogP) is 2.66. The lowest BCUT2D eigenvalue weighted by Gasteiger charge is -2.17. The van der Waals surface area contributed by atoms with E-state index in [0.717, 1.165) is 12.1 Å². The summed E-state index contributed by atoms with van der Waals surface area (Å²) in [5.41, 5.74) is -0.467. The second-order valence-electron chi connectivity index (χ2n) is 4.87. The lowest BCUT2D eigenvalue weighted by Crippen LogP contribution is -2.29. The molecule has 0 aliphatic heterocycles. The second-order valence-corrected chi connectivity index (χ2v) is 4.87. The van der Waals surface area contributed by atoms with Gasteiger partial charge in [-0.05, 0) is 18.1 Å². The molecule has 22 heavy (non-hydrogen) atoms. The zero-order valence-corrected chi connectivity index (χ0v) is 12.4. The van der Waals surface area contributed by atoms with Crippen LogP contribution >= 0.6 is 0 Å². The molecule has 4 nitrogen and oxygen atoms in total. The molecule has 0 spiro atoms. The monoisotopic (exact) mass is 317 g/mol. The summed E-state index contributed by atoms with van der Waals surface area (Å²) in [5.74, 6) is -0.664. The second kappa shape index (κ2) is 7.82. The molecule has 0 N–H and O–H groups in total. The van der Waals surface area contributed by atoms with Crippen molar-refractivity contribution in [2.24, 2.45) is 0 Å². The molecule has 0 aliphatic carbocycles. The van der Waals surface area contributed by atoms with Gasteiger partial charge in [0.25, 0.3) is 0 Å². The molecule has 0 heterocycles. The number of esters is 1. The van der Waals surface area contributed by atoms with Gasteiger partial charge in [-0.25, -0.2) is 0 Å². The molecule has 0 fully saturated rings. The van der Waals surface area contributed by atoms with E-state index in [1.165, 1.54) is 24.1 Å². The van der Waals surface area contributed by atoms with Crippen molar-refractivity contribution in [3.05, 3.63) is 35.4 Å². The molecule has 122 valence electrons. The quantitative estimate of drug-likeness (QED) is 0.758. The number of halogens is 3. The number of benzene rings is 1. The third-order valence-electron chi connectivity index (χ3n) is 3.14. The SMILES string of the molecule is COC(=O)CCCN(C)C(=O)Cc1cccc(C(F)(F)F)c1. The van der Waals surface area contributed by atoms with Crippen molar-refractivity contribution in [1.29, 1.82) is 0 Å². The predicted molar refractivity (Wildman–Crippen MR) is 74.0 cm³/mol. The van der Waals surface area contributed by atoms with Gasteiger partial charge in [-0.1, -0.05) is 18.2 Å². The summed E-state index contributed by atoms with van der Waals surface area (Å²) >= 11 is 0. The Hall–Kier alpha value is -2.05. The first-order valence-corrected chi connectivity index (χ1v) is 6.71. The van der Waals surface area contributed by atoms with Gasteiger partial charge in [-0.2, -0.15) is 13.2 Å². The summed E-state index contributed by atoms with van der Waals surface area (Å²) < 4.78 is 42.3. The molecule has 0 saturated carbocycles. The highest BCUT2D eigenvalue weighted by atomic mass is 19.4. The van der Waals surface area contributed by atoms with E-state index in [-0.39, 0.29) is 24.7 Å². The van der Waals surface area contributed by atoms with E-state index < -0.39 is 11.7 Å². The molecule has 1 rings (SSSR count). The van der Waals surface area contributed by atoms with Crippen molar-refractivity contribution >= 4 is 11.9 Å². The minimum Gasteiger partial charge on any atom is -0.469 e. The molecule has 0 unspecified atom stereocenters. The smallest absolute Gasteiger partial charge is 0.416 e. The number of nitrogens with zero attached hydrogens (tertiary/aromatic N) is 1. The Morgan fingerprint density at radius 3 is 2.55 bits per heavy atom. The highest BCUT2D eigenvalue weighted by Crippen LogP contribution is 2.29. The van der Waals surface area contributed by atoms with Gasteiger partial charge in [-0.15, -0.1) is 0 Å². The molecule has 0 aromatic heterocycles. The molecular weight excluding hydrogens is 299 g/mol. The maximum atomic E-state index is 12.6. The summed E-state index contributed by atoms with van der Waals surface area (Å²) in [6.45, 7) is 0.340. The van der Waals surface area contributed by atoms with Crippen LogP contribution in [-0.4, -0.2) is 37.5 Å². The normalized spacial score (nSPS) is 11.1. The first-order valence-electron chi connectivity index (χ1n) is 6.71. The van der Waals surface area contributed by atoms with E-state index in [1.54, 1.807) is 7.05 Å². The highest BCUT2D eigenvalue weighted by Gasteiger charge is 2.30. The number of ether oxygens (including phenoxy) is 1. The third kappa shape index (κ3) is 5.75. The Kier molecular flexibility index (Phi) is 6.39. The number of alkyl halides is 3. The van der Waals surface area contributed by atoms with Gasteiger partial charge in [0, 0.05) is 20.0 Å². The van der Waals surface area contributed by atoms with Crippen molar-refractivity contribution < 1.29 is 27.5 Å². The Morgan fingerprint density at radius 2 is 1.95 bits per heavy atom. The Labute approximate surface area is 126 Å². The van der Waals surface area contributed by atoms with Crippen LogP contribution in [0.4, 0.5) is 13.2 Å². The number of likely N-dealkylation sites (N-methyl/N-ethyl adjacent to an activating group) is 1. The average molecular weight is 317 g/mol. The maximum Gasteiger partial charge on any atom is 0.416 e. The van der Waals surface area contributed by atoms with Crippen LogP contribution in [0, 0.1) is 0 Å². The molecule has 0 saturated heterocycles. The number of carbonyl (C=O) groups is 2. The van der Waals surface area contributed by atoms with Crippen LogP contribution < -0.4 is 0 Å². The van der Waals surface area contributed by atoms with Gasteiger partial charge in [0.2, 0.25) is 5.91 Å². The van der Waals surface area contributed by atoms with Gasteiger partial charge in [0.1, 0.15) is 0 Å². The lowest BCUT2D eigenvalue weighted by atomic mass is 10.1. The fraction of sp³-hybridized carbons (Fsp3) is 0.467. The molecule has 0 atom stereocenters. The van der Waals surface area contributed by atoms with Crippen LogP contribution in [0.2, 0.25) is 0 Å². The number of amides is 1. The molecular formula is C15H18F3NO3. The largest absolute Gasteiger partial charge is 0.469 e. The van der Waals surface area contributed by atoms with Crippen molar-refractivity contribution in [1.82, 2.24) is 4.90 Å². The minimum atomic E-state index is -4.43. The zero-order valence-electron chi connectivity index (χ0n) is 12.4. The molecule has 0 aliphatic rings. The van der Waals surface area contributed by atoms with E-state index in [9.17, 15) is 22.8 Å². The summed E-state index contributed by atoms with van der Waals surface area (Å²) in [4.78, 5) is 24.3. The van der Waals surface area contributed by atoms with Crippen molar-refractivity contribution in [2.75, 3.05) is 20.7 Å². The summed E-state index contributed by atoms with van der Waals surface area (Å²) in [5, 5.41) is 0. The van der Waals surface area contributed by atoms with Crippen LogP contribution in [0.15, 0.2) is 24.3 Å². The number of carbonyl (C=O) groups excluding carboxylic acids is 2. The Morgan fingerprint density at radius 1 is 1.27 bits per heavy atom. The third-order valence-corrected chi connectivity index (χ3v) is 3.14. The Balaban J connectivity index is 2.55. The molecule has 0 bridgehead atoms. The van der Waals surface area contributed by atoms with Gasteiger partial charge < -0.3 is 9.64 Å². The van der Waals surface area contributed by atoms with Crippen molar-refractivity contribution in [2.45, 2.75) is 25.4 Å². The molecule has 1 amide bonds. The first kappa shape index (κ1) is 18.0. The first-order chi connectivity index (χ1) is 10.2. The Bertz CT molecular complexity index is 529. The van der Waals surface area contributed by atoms with E-state index in [2.05, 4.69) is 4.74 Å². The van der Waals surface area contributed by atoms with Crippen LogP contribution in [-0.2, 0) is 26.9 Å². The van der Waals surface area contributed by atoms with Crippen LogP contribution in [0.3, 0.4) is 0 Å². The van der Waals surface area contributed by atoms with E-state index >= 15 is 0 Å². The molecule has 7 heteroatoms. The molecule has 1 aromatic carbocycles. The fourth-order valence-electron chi connectivity index (χ4n) is 1.85. The van der Waals surface area contributed by atoms with Gasteiger partial charge in [0.15, 0.2) is 0 Å². The lowest BCUT2D eigenvalue weighted by molar-refractivity contribution is -0.141. The van der Waals surface area contributed by atoms with Gasteiger partial charge >= 0.3 is 12.1 Å². The van der Waals surface area contributed by atoms with E-state index in [0.29, 0.717) is 18.5 Å². The van der Waals surface area contributed by atoms with Gasteiger partial charge in [-0.3, -0.25) is 9.59 Å². The topological polar surface area (TPSA) is 46.6 Å². The molecule has 1 aromatic rings. The van der Waals surface area contributed by atoms with Crippen LogP contribution in [0.5, 0.6) is 0 Å². The van der Waals surface area contributed by atoms with Crippen LogP contribution in [0.25, 0.3) is 0 Å². The molecule has 0 radical (unpaired) electrons. The van der Waals surface area contributed by atoms with Gasteiger partial charge in [0.05, 0.1) is 19.1 Å². The number of rotatable bonds is 6. The van der Waals surface area contributed by atoms with E-state index in [1.807, 2.05) is 0 Å². The average Bonchev–Trinajstić information content (AvgIpc) is 2.46. The number of hydrogen-bond donors (Lipinski definition) is 0. The minimum absolute atomic E-state index is 0.112. The summed E-state index contributed by atoms with van der Waals surface area (Å²) in [6.07, 6.45) is -3.90. The zero-order chi connectivity index (χ0) is 16.8. The summed E-state index contributed by atoms with van der Waals surface area (Å²) in [7, 11) is 2.83. The van der Waals surface area contributed by atoms with Crippen LogP contribution in [0.1, 0.15) is 24.0 Å². The summed E-state index contributed by atoms with van der Waals surface area (Å²) in [6, 6.07) is 4.70. The number of hydrogen-bond acceptors (Lipinski definition) is 3. The standard InChI is InChI=1S/C15H18F3NO3/c1-19(8-4-7-14(21)22-2)13(20)10-11-5-3-6-12(9-11)15(16,17)18/h3,5-6,9H,4,7-8,10H2,1-2H3. The van der Waals surface area contributed by atoms with Crippen molar-refractivity contribution in [3.8, 4) is 0 Å². The number of methoxy groups -OCH3 is 1.